The summed E-state index contributed by atoms with van der Waals surface area (Å²) in [6.45, 7) is 1.92. The van der Waals surface area contributed by atoms with Crippen LogP contribution in [0.5, 0.6) is 0 Å². The van der Waals surface area contributed by atoms with Crippen molar-refractivity contribution in [2.45, 2.75) is 6.92 Å². The molecule has 0 aliphatic heterocycles. The maximum atomic E-state index is 11.5. The second-order valence-electron chi connectivity index (χ2n) is 2.82. The minimum Gasteiger partial charge on any atom is -0.474 e. The van der Waals surface area contributed by atoms with Crippen LogP contribution in [0.3, 0.4) is 0 Å². The van der Waals surface area contributed by atoms with Gasteiger partial charge in [-0.05, 0) is 31.3 Å². The van der Waals surface area contributed by atoms with Crippen LogP contribution in [0, 0.1) is 6.92 Å². The number of hydrogen-bond acceptors (Lipinski definition) is 3. The highest BCUT2D eigenvalue weighted by atomic mass is 32.1. The summed E-state index contributed by atoms with van der Waals surface area (Å²) in [4.78, 5) is 11.5. The number of thiocarbonyl (C=S) groups is 1. The lowest BCUT2D eigenvalue weighted by Gasteiger charge is -2.05. The molecule has 0 heterocycles. The van der Waals surface area contributed by atoms with Crippen LogP contribution in [0.15, 0.2) is 24.3 Å². The molecule has 1 aromatic rings. The number of methoxy groups -OCH3 is 1. The molecule has 0 radical (unpaired) electrons. The number of benzene rings is 1. The topological polar surface area (TPSA) is 38.3 Å². The van der Waals surface area contributed by atoms with E-state index in [2.05, 4.69) is 10.1 Å². The van der Waals surface area contributed by atoms with Crippen molar-refractivity contribution in [3.05, 3.63) is 35.4 Å². The van der Waals surface area contributed by atoms with Crippen molar-refractivity contribution in [3.8, 4) is 0 Å². The van der Waals surface area contributed by atoms with Gasteiger partial charge < -0.3 is 4.74 Å². The molecule has 14 heavy (non-hydrogen) atoms. The molecule has 74 valence electrons. The zero-order chi connectivity index (χ0) is 10.6. The predicted octanol–water partition coefficient (Wildman–Crippen LogP) is 1.66. The lowest BCUT2D eigenvalue weighted by molar-refractivity contribution is 0.0970. The van der Waals surface area contributed by atoms with Gasteiger partial charge in [0.25, 0.3) is 11.1 Å². The summed E-state index contributed by atoms with van der Waals surface area (Å²) in [5, 5.41) is 2.52. The fraction of sp³-hybridized carbons (Fsp3) is 0.200. The van der Waals surface area contributed by atoms with Gasteiger partial charge in [-0.3, -0.25) is 10.1 Å². The van der Waals surface area contributed by atoms with Gasteiger partial charge in [-0.15, -0.1) is 0 Å². The summed E-state index contributed by atoms with van der Waals surface area (Å²) in [5.41, 5.74) is 1.60. The number of amides is 1. The van der Waals surface area contributed by atoms with Crippen molar-refractivity contribution < 1.29 is 9.53 Å². The van der Waals surface area contributed by atoms with Gasteiger partial charge >= 0.3 is 0 Å². The van der Waals surface area contributed by atoms with Gasteiger partial charge in [0.2, 0.25) is 0 Å². The normalized spacial score (nSPS) is 9.29. The molecule has 1 N–H and O–H groups in total. The lowest BCUT2D eigenvalue weighted by Crippen LogP contribution is -2.29. The second-order valence-corrected chi connectivity index (χ2v) is 3.19. The molecule has 0 saturated heterocycles. The maximum Gasteiger partial charge on any atom is 0.263 e. The van der Waals surface area contributed by atoms with Gasteiger partial charge in [0.1, 0.15) is 0 Å². The molecule has 3 nitrogen and oxygen atoms in total. The Morgan fingerprint density at radius 3 is 2.79 bits per heavy atom. The highest BCUT2D eigenvalue weighted by molar-refractivity contribution is 7.80. The van der Waals surface area contributed by atoms with Gasteiger partial charge in [0.15, 0.2) is 0 Å². The quantitative estimate of drug-likeness (QED) is 0.715. The Morgan fingerprint density at radius 1 is 1.50 bits per heavy atom. The maximum absolute atomic E-state index is 11.5. The minimum atomic E-state index is -0.249. The first-order valence-corrected chi connectivity index (χ1v) is 4.50. The van der Waals surface area contributed by atoms with Crippen LogP contribution in [0.25, 0.3) is 0 Å². The number of carbonyl (C=O) groups is 1. The van der Waals surface area contributed by atoms with E-state index in [9.17, 15) is 4.79 Å². The van der Waals surface area contributed by atoms with E-state index in [0.717, 1.165) is 5.56 Å². The summed E-state index contributed by atoms with van der Waals surface area (Å²) in [7, 11) is 1.42. The summed E-state index contributed by atoms with van der Waals surface area (Å²) in [5.74, 6) is -0.249. The molecule has 0 atom stereocenters. The first-order chi connectivity index (χ1) is 6.63. The van der Waals surface area contributed by atoms with Crippen molar-refractivity contribution in [1.82, 2.24) is 5.32 Å². The van der Waals surface area contributed by atoms with Crippen LogP contribution in [0.1, 0.15) is 15.9 Å². The van der Waals surface area contributed by atoms with Gasteiger partial charge in [-0.2, -0.15) is 0 Å². The molecular weight excluding hydrogens is 198 g/mol. The number of ether oxygens (including phenoxy) is 1. The average Bonchev–Trinajstić information content (AvgIpc) is 2.17. The molecule has 0 fully saturated rings. The van der Waals surface area contributed by atoms with Crippen molar-refractivity contribution in [2.24, 2.45) is 0 Å². The molecule has 0 spiro atoms. The molecule has 0 bridgehead atoms. The van der Waals surface area contributed by atoms with Crippen LogP contribution in [0.2, 0.25) is 0 Å². The van der Waals surface area contributed by atoms with Crippen LogP contribution >= 0.6 is 12.2 Å². The van der Waals surface area contributed by atoms with Crippen molar-refractivity contribution in [3.63, 3.8) is 0 Å². The minimum absolute atomic E-state index is 0.0801. The Balaban J connectivity index is 2.75. The number of rotatable bonds is 1. The molecule has 0 aromatic heterocycles. The fourth-order valence-corrected chi connectivity index (χ4v) is 1.09. The smallest absolute Gasteiger partial charge is 0.263 e. The third kappa shape index (κ3) is 2.81. The van der Waals surface area contributed by atoms with E-state index in [0.29, 0.717) is 5.56 Å². The van der Waals surface area contributed by atoms with Gasteiger partial charge in [0, 0.05) is 5.56 Å². The van der Waals surface area contributed by atoms with Crippen molar-refractivity contribution in [2.75, 3.05) is 7.11 Å². The molecule has 4 heteroatoms. The first-order valence-electron chi connectivity index (χ1n) is 4.09. The van der Waals surface area contributed by atoms with Crippen molar-refractivity contribution >= 4 is 23.3 Å². The van der Waals surface area contributed by atoms with Gasteiger partial charge in [-0.25, -0.2) is 0 Å². The van der Waals surface area contributed by atoms with Crippen LogP contribution in [-0.4, -0.2) is 18.2 Å². The summed E-state index contributed by atoms with van der Waals surface area (Å²) in [6.07, 6.45) is 0. The van der Waals surface area contributed by atoms with E-state index in [-0.39, 0.29) is 11.1 Å². The SMILES string of the molecule is COC(=S)NC(=O)c1cccc(C)c1. The third-order valence-corrected chi connectivity index (χ3v) is 1.95. The first kappa shape index (κ1) is 10.7. The Kier molecular flexibility index (Phi) is 3.59. The van der Waals surface area contributed by atoms with E-state index in [1.807, 2.05) is 19.1 Å². The van der Waals surface area contributed by atoms with Crippen LogP contribution in [0.4, 0.5) is 0 Å². The molecule has 0 aliphatic carbocycles. The Morgan fingerprint density at radius 2 is 2.21 bits per heavy atom. The molecule has 0 saturated carbocycles. The van der Waals surface area contributed by atoms with E-state index in [1.165, 1.54) is 7.11 Å². The third-order valence-electron chi connectivity index (χ3n) is 1.68. The van der Waals surface area contributed by atoms with Crippen molar-refractivity contribution in [1.29, 1.82) is 0 Å². The van der Waals surface area contributed by atoms with E-state index >= 15 is 0 Å². The molecule has 0 unspecified atom stereocenters. The molecule has 1 amide bonds. The van der Waals surface area contributed by atoms with E-state index < -0.39 is 0 Å². The standard InChI is InChI=1S/C10H11NO2S/c1-7-4-3-5-8(6-7)9(12)11-10(14)13-2/h3-6H,1-2H3,(H,11,12,14). The highest BCUT2D eigenvalue weighted by Gasteiger charge is 2.06. The molecular formula is C10H11NO2S. The second kappa shape index (κ2) is 4.72. The molecule has 1 rings (SSSR count). The zero-order valence-electron chi connectivity index (χ0n) is 8.03. The fourth-order valence-electron chi connectivity index (χ4n) is 1.00. The number of carbonyl (C=O) groups excluding carboxylic acids is 1. The Labute approximate surface area is 88.1 Å². The highest BCUT2D eigenvalue weighted by Crippen LogP contribution is 2.03. The predicted molar refractivity (Wildman–Crippen MR) is 58.3 cm³/mol. The molecule has 0 aliphatic rings. The lowest BCUT2D eigenvalue weighted by atomic mass is 10.1. The van der Waals surface area contributed by atoms with Gasteiger partial charge in [0.05, 0.1) is 7.11 Å². The monoisotopic (exact) mass is 209 g/mol. The van der Waals surface area contributed by atoms with Crippen LogP contribution < -0.4 is 5.32 Å². The average molecular weight is 209 g/mol. The Bertz CT molecular complexity index is 363. The van der Waals surface area contributed by atoms with E-state index in [4.69, 9.17) is 12.2 Å². The largest absolute Gasteiger partial charge is 0.474 e. The molecule has 1 aromatic carbocycles. The zero-order valence-corrected chi connectivity index (χ0v) is 8.85. The summed E-state index contributed by atoms with van der Waals surface area (Å²) < 4.78 is 4.67. The van der Waals surface area contributed by atoms with Gasteiger partial charge in [-0.1, -0.05) is 17.7 Å². The number of hydrogen-bond donors (Lipinski definition) is 1. The summed E-state index contributed by atoms with van der Waals surface area (Å²) >= 11 is 4.71. The number of aryl methyl sites for hydroxylation is 1. The number of nitrogens with one attached hydrogen (secondary N) is 1. The van der Waals surface area contributed by atoms with Crippen LogP contribution in [-0.2, 0) is 4.74 Å². The Hall–Kier alpha value is -1.42. The summed E-state index contributed by atoms with van der Waals surface area (Å²) in [6, 6.07) is 7.25. The van der Waals surface area contributed by atoms with E-state index in [1.54, 1.807) is 12.1 Å².